The second-order valence-corrected chi connectivity index (χ2v) is 10.7. The summed E-state index contributed by atoms with van der Waals surface area (Å²) in [5.41, 5.74) is 1.20. The second kappa shape index (κ2) is 15.6. The van der Waals surface area contributed by atoms with E-state index in [2.05, 4.69) is 23.7 Å². The highest BCUT2D eigenvalue weighted by Gasteiger charge is 2.32. The first-order valence-electron chi connectivity index (χ1n) is 13.5. The van der Waals surface area contributed by atoms with Crippen LogP contribution in [0.4, 0.5) is 0 Å². The van der Waals surface area contributed by atoms with Crippen molar-refractivity contribution in [1.82, 2.24) is 0 Å². The Labute approximate surface area is 238 Å². The molecule has 0 saturated heterocycles. The molecule has 7 nitrogen and oxygen atoms in total. The first-order valence-corrected chi connectivity index (χ1v) is 13.5. The molecule has 214 valence electrons. The van der Waals surface area contributed by atoms with Gasteiger partial charge in [0.2, 0.25) is 0 Å². The molecule has 0 amide bonds. The minimum Gasteiger partial charge on any atom is -0.449 e. The fourth-order valence-electron chi connectivity index (χ4n) is 4.02. The number of hydrogen-bond acceptors (Lipinski definition) is 7. The van der Waals surface area contributed by atoms with Gasteiger partial charge in [-0.05, 0) is 31.9 Å². The summed E-state index contributed by atoms with van der Waals surface area (Å²) in [6.07, 6.45) is -3.97. The molecule has 40 heavy (non-hydrogen) atoms. The molecular formula is C33H40O7. The van der Waals surface area contributed by atoms with Gasteiger partial charge in [-0.1, -0.05) is 84.3 Å². The third-order valence-corrected chi connectivity index (χ3v) is 6.38. The van der Waals surface area contributed by atoms with Crippen LogP contribution in [0.25, 0.3) is 0 Å². The number of rotatable bonds is 9. The van der Waals surface area contributed by atoms with E-state index >= 15 is 0 Å². The summed E-state index contributed by atoms with van der Waals surface area (Å²) in [7, 11) is 3.10. The van der Waals surface area contributed by atoms with Crippen molar-refractivity contribution < 1.29 is 33.6 Å². The number of esters is 1. The van der Waals surface area contributed by atoms with E-state index in [4.69, 9.17) is 23.7 Å². The van der Waals surface area contributed by atoms with Gasteiger partial charge in [-0.15, -0.1) is 0 Å². The van der Waals surface area contributed by atoms with Gasteiger partial charge in [0.1, 0.15) is 6.10 Å². The molecule has 6 atom stereocenters. The van der Waals surface area contributed by atoms with Crippen LogP contribution in [0.15, 0.2) is 60.7 Å². The number of carbonyl (C=O) groups is 1. The molecule has 3 rings (SSSR count). The van der Waals surface area contributed by atoms with Crippen molar-refractivity contribution in [3.63, 3.8) is 0 Å². The number of aliphatic hydroxyl groups excluding tert-OH is 1. The standard InChI is InChI=1S/C33H40O7/c1-33(2,3)32(35)40-27-17-19-29(39-23-25-14-10-7-11-15-25)28(38-22-24-12-8-6-9-13-24)18-16-26(34)20-30(36-4)31(21-27)37-5/h6-15,26-31,34H,20-23H2,1-5H3/t26?,27?,28-,29-,30-,31-/m0/s1. The average molecular weight is 549 g/mol. The van der Waals surface area contributed by atoms with Crippen molar-refractivity contribution in [2.75, 3.05) is 14.2 Å². The van der Waals surface area contributed by atoms with Crippen LogP contribution in [-0.4, -0.2) is 61.9 Å². The topological polar surface area (TPSA) is 83.5 Å². The van der Waals surface area contributed by atoms with E-state index in [1.165, 1.54) is 0 Å². The number of hydrogen-bond donors (Lipinski definition) is 1. The zero-order chi connectivity index (χ0) is 29.0. The van der Waals surface area contributed by atoms with E-state index in [0.717, 1.165) is 11.1 Å². The van der Waals surface area contributed by atoms with Gasteiger partial charge in [0.25, 0.3) is 0 Å². The van der Waals surface area contributed by atoms with Crippen LogP contribution >= 0.6 is 0 Å². The van der Waals surface area contributed by atoms with Gasteiger partial charge in [-0.2, -0.15) is 0 Å². The third kappa shape index (κ3) is 10.1. The van der Waals surface area contributed by atoms with E-state index in [-0.39, 0.29) is 32.0 Å². The fourth-order valence-corrected chi connectivity index (χ4v) is 4.02. The van der Waals surface area contributed by atoms with Crippen LogP contribution in [0.5, 0.6) is 0 Å². The van der Waals surface area contributed by atoms with Gasteiger partial charge in [-0.25, -0.2) is 0 Å². The average Bonchev–Trinajstić information content (AvgIpc) is 2.95. The summed E-state index contributed by atoms with van der Waals surface area (Å²) in [6, 6.07) is 19.4. The Kier molecular flexibility index (Phi) is 12.2. The van der Waals surface area contributed by atoms with Gasteiger partial charge in [0.05, 0.1) is 30.8 Å². The Hall–Kier alpha value is -3.17. The zero-order valence-electron chi connectivity index (χ0n) is 24.0. The molecule has 0 radical (unpaired) electrons. The summed E-state index contributed by atoms with van der Waals surface area (Å²) in [5.74, 6) is 11.8. The number of methoxy groups -OCH3 is 2. The monoisotopic (exact) mass is 548 g/mol. The Morgan fingerprint density at radius 3 is 1.73 bits per heavy atom. The summed E-state index contributed by atoms with van der Waals surface area (Å²) in [4.78, 5) is 12.8. The lowest BCUT2D eigenvalue weighted by atomic mass is 9.96. The maximum absolute atomic E-state index is 12.8. The SMILES string of the molecule is CO[C@H]1CC(O)C#C[C@H](OCc2ccccc2)[C@@H](OCc2ccccc2)C#CC(OC(=O)C(C)(C)C)C[C@@H]1OC. The first-order chi connectivity index (χ1) is 19.2. The quantitative estimate of drug-likeness (QED) is 0.369. The maximum atomic E-state index is 12.8. The first kappa shape index (κ1) is 31.4. The molecule has 7 heteroatoms. The van der Waals surface area contributed by atoms with Gasteiger partial charge >= 0.3 is 5.97 Å². The molecule has 2 aromatic carbocycles. The van der Waals surface area contributed by atoms with Crippen molar-refractivity contribution in [1.29, 1.82) is 0 Å². The Balaban J connectivity index is 1.99. The third-order valence-electron chi connectivity index (χ3n) is 6.38. The highest BCUT2D eigenvalue weighted by molar-refractivity contribution is 5.75. The number of carbonyl (C=O) groups excluding carboxylic acids is 1. The number of ether oxygens (including phenoxy) is 5. The van der Waals surface area contributed by atoms with E-state index < -0.39 is 42.0 Å². The molecule has 2 aromatic rings. The largest absolute Gasteiger partial charge is 0.449 e. The molecule has 0 bridgehead atoms. The van der Waals surface area contributed by atoms with Gasteiger partial charge in [-0.3, -0.25) is 4.79 Å². The summed E-state index contributed by atoms with van der Waals surface area (Å²) >= 11 is 0. The molecular weight excluding hydrogens is 508 g/mol. The van der Waals surface area contributed by atoms with Crippen molar-refractivity contribution in [2.24, 2.45) is 5.41 Å². The van der Waals surface area contributed by atoms with Crippen LogP contribution in [0, 0.1) is 29.1 Å². The Morgan fingerprint density at radius 1 is 0.775 bits per heavy atom. The number of aliphatic hydroxyl groups is 1. The molecule has 1 aliphatic carbocycles. The molecule has 0 spiro atoms. The predicted octanol–water partition coefficient (Wildman–Crippen LogP) is 4.31. The highest BCUT2D eigenvalue weighted by atomic mass is 16.6. The lowest BCUT2D eigenvalue weighted by molar-refractivity contribution is -0.158. The molecule has 0 heterocycles. The summed E-state index contributed by atoms with van der Waals surface area (Å²) < 4.78 is 29.6. The normalized spacial score (nSPS) is 25.2. The van der Waals surface area contributed by atoms with Crippen LogP contribution in [0.1, 0.15) is 44.7 Å². The molecule has 0 saturated carbocycles. The molecule has 0 fully saturated rings. The molecule has 0 aliphatic heterocycles. The lowest BCUT2D eigenvalue weighted by Crippen LogP contribution is -2.38. The molecule has 1 N–H and O–H groups in total. The van der Waals surface area contributed by atoms with Crippen LogP contribution < -0.4 is 0 Å². The van der Waals surface area contributed by atoms with Crippen molar-refractivity contribution in [2.45, 2.75) is 83.5 Å². The van der Waals surface area contributed by atoms with E-state index in [1.807, 2.05) is 60.7 Å². The van der Waals surface area contributed by atoms with Crippen molar-refractivity contribution in [3.05, 3.63) is 71.8 Å². The van der Waals surface area contributed by atoms with Gasteiger partial charge in [0.15, 0.2) is 18.3 Å². The minimum atomic E-state index is -1.01. The smallest absolute Gasteiger partial charge is 0.312 e. The van der Waals surface area contributed by atoms with E-state index in [1.54, 1.807) is 35.0 Å². The molecule has 1 aliphatic rings. The minimum absolute atomic E-state index is 0.191. The van der Waals surface area contributed by atoms with Crippen LogP contribution in [-0.2, 0) is 41.7 Å². The highest BCUT2D eigenvalue weighted by Crippen LogP contribution is 2.22. The van der Waals surface area contributed by atoms with Gasteiger partial charge < -0.3 is 28.8 Å². The zero-order valence-corrected chi connectivity index (χ0v) is 24.0. The van der Waals surface area contributed by atoms with Crippen molar-refractivity contribution >= 4 is 5.97 Å². The summed E-state index contributed by atoms with van der Waals surface area (Å²) in [5, 5.41) is 10.8. The van der Waals surface area contributed by atoms with E-state index in [0.29, 0.717) is 0 Å². The predicted molar refractivity (Wildman–Crippen MR) is 152 cm³/mol. The van der Waals surface area contributed by atoms with Crippen LogP contribution in [0.3, 0.4) is 0 Å². The van der Waals surface area contributed by atoms with Crippen molar-refractivity contribution in [3.8, 4) is 23.7 Å². The fraction of sp³-hybridized carbons (Fsp3) is 0.485. The molecule has 2 unspecified atom stereocenters. The maximum Gasteiger partial charge on any atom is 0.312 e. The number of benzene rings is 2. The molecule has 0 aromatic heterocycles. The van der Waals surface area contributed by atoms with Gasteiger partial charge in [0, 0.05) is 27.1 Å². The van der Waals surface area contributed by atoms with E-state index in [9.17, 15) is 9.90 Å². The lowest BCUT2D eigenvalue weighted by Gasteiger charge is -2.29. The Morgan fingerprint density at radius 2 is 1.25 bits per heavy atom. The summed E-state index contributed by atoms with van der Waals surface area (Å²) in [6.45, 7) is 5.91. The van der Waals surface area contributed by atoms with Crippen LogP contribution in [0.2, 0.25) is 0 Å². The second-order valence-electron chi connectivity index (χ2n) is 10.7. The Bertz CT molecular complexity index is 1170.